The summed E-state index contributed by atoms with van der Waals surface area (Å²) in [5.74, 6) is -1.07. The largest absolute Gasteiger partial charge is 0.479 e. The standard InChI is InChI=1S/C15H13ClN2O3/c16-12-6-5-11(13-10(12)2-1-7-17-13)14(15(20)21)18(8-19)9-3-4-9/h1-2,5-9,14H,3-4H2,(H,20,21). The number of carboxylic acids is 1. The summed E-state index contributed by atoms with van der Waals surface area (Å²) in [7, 11) is 0. The SMILES string of the molecule is O=CN(C1CC1)C(C(=O)O)c1ccc(Cl)c2cccnc12. The van der Waals surface area contributed by atoms with Crippen molar-refractivity contribution in [1.82, 2.24) is 9.88 Å². The monoisotopic (exact) mass is 304 g/mol. The summed E-state index contributed by atoms with van der Waals surface area (Å²) in [6.45, 7) is 0. The lowest BCUT2D eigenvalue weighted by atomic mass is 10.0. The number of fused-ring (bicyclic) bond motifs is 1. The van der Waals surface area contributed by atoms with Gasteiger partial charge in [0, 0.05) is 28.2 Å². The van der Waals surface area contributed by atoms with Crippen LogP contribution in [0.4, 0.5) is 0 Å². The van der Waals surface area contributed by atoms with Crippen LogP contribution >= 0.6 is 11.6 Å². The lowest BCUT2D eigenvalue weighted by Gasteiger charge is -2.26. The van der Waals surface area contributed by atoms with E-state index in [1.807, 2.05) is 0 Å². The van der Waals surface area contributed by atoms with Gasteiger partial charge in [0.2, 0.25) is 6.41 Å². The number of carbonyl (C=O) groups is 2. The highest BCUT2D eigenvalue weighted by molar-refractivity contribution is 6.35. The van der Waals surface area contributed by atoms with Gasteiger partial charge in [0.05, 0.1) is 5.52 Å². The minimum absolute atomic E-state index is 0.00181. The van der Waals surface area contributed by atoms with E-state index in [1.165, 1.54) is 4.90 Å². The third-order valence-corrected chi connectivity index (χ3v) is 3.99. The van der Waals surface area contributed by atoms with Crippen molar-refractivity contribution in [2.24, 2.45) is 0 Å². The lowest BCUT2D eigenvalue weighted by molar-refractivity contribution is -0.147. The topological polar surface area (TPSA) is 70.5 Å². The maximum atomic E-state index is 11.7. The first-order chi connectivity index (χ1) is 10.1. The van der Waals surface area contributed by atoms with E-state index in [1.54, 1.807) is 30.5 Å². The highest BCUT2D eigenvalue weighted by Gasteiger charge is 2.38. The number of rotatable bonds is 5. The quantitative estimate of drug-likeness (QED) is 0.862. The van der Waals surface area contributed by atoms with E-state index in [-0.39, 0.29) is 6.04 Å². The first-order valence-electron chi connectivity index (χ1n) is 6.62. The molecule has 1 amide bonds. The van der Waals surface area contributed by atoms with Gasteiger partial charge in [-0.05, 0) is 31.0 Å². The van der Waals surface area contributed by atoms with Crippen LogP contribution in [0.1, 0.15) is 24.4 Å². The second-order valence-electron chi connectivity index (χ2n) is 5.06. The molecule has 6 heteroatoms. The number of aromatic nitrogens is 1. The summed E-state index contributed by atoms with van der Waals surface area (Å²) in [5.41, 5.74) is 1.01. The molecule has 0 radical (unpaired) electrons. The Balaban J connectivity index is 2.18. The molecule has 1 fully saturated rings. The van der Waals surface area contributed by atoms with Crippen LogP contribution in [0, 0.1) is 0 Å². The van der Waals surface area contributed by atoms with Gasteiger partial charge in [-0.1, -0.05) is 17.7 Å². The number of hydrogen-bond acceptors (Lipinski definition) is 3. The van der Waals surface area contributed by atoms with Crippen LogP contribution in [0.2, 0.25) is 5.02 Å². The van der Waals surface area contributed by atoms with Crippen molar-refractivity contribution >= 4 is 34.9 Å². The van der Waals surface area contributed by atoms with Crippen LogP contribution in [-0.2, 0) is 9.59 Å². The molecule has 0 bridgehead atoms. The van der Waals surface area contributed by atoms with Gasteiger partial charge in [0.15, 0.2) is 6.04 Å². The highest BCUT2D eigenvalue weighted by atomic mass is 35.5. The summed E-state index contributed by atoms with van der Waals surface area (Å²) in [4.78, 5) is 28.6. The molecule has 1 heterocycles. The minimum Gasteiger partial charge on any atom is -0.479 e. The van der Waals surface area contributed by atoms with Gasteiger partial charge >= 0.3 is 5.97 Å². The summed E-state index contributed by atoms with van der Waals surface area (Å²) >= 11 is 6.13. The zero-order valence-electron chi connectivity index (χ0n) is 11.1. The Morgan fingerprint density at radius 2 is 2.19 bits per heavy atom. The van der Waals surface area contributed by atoms with Crippen LogP contribution in [0.25, 0.3) is 10.9 Å². The van der Waals surface area contributed by atoms with Gasteiger partial charge in [-0.3, -0.25) is 9.78 Å². The maximum Gasteiger partial charge on any atom is 0.331 e. The average molecular weight is 305 g/mol. The third kappa shape index (κ3) is 2.45. The van der Waals surface area contributed by atoms with Gasteiger partial charge in [-0.2, -0.15) is 0 Å². The second-order valence-corrected chi connectivity index (χ2v) is 5.47. The van der Waals surface area contributed by atoms with Crippen LogP contribution in [-0.4, -0.2) is 33.4 Å². The molecule has 1 aliphatic rings. The molecule has 1 atom stereocenters. The van der Waals surface area contributed by atoms with E-state index in [9.17, 15) is 14.7 Å². The number of benzene rings is 1. The molecule has 5 nitrogen and oxygen atoms in total. The van der Waals surface area contributed by atoms with E-state index in [2.05, 4.69) is 4.98 Å². The first kappa shape index (κ1) is 13.8. The first-order valence-corrected chi connectivity index (χ1v) is 7.00. The predicted octanol–water partition coefficient (Wildman–Crippen LogP) is 2.63. The van der Waals surface area contributed by atoms with Crippen molar-refractivity contribution in [3.8, 4) is 0 Å². The fraction of sp³-hybridized carbons (Fsp3) is 0.267. The third-order valence-electron chi connectivity index (χ3n) is 3.66. The van der Waals surface area contributed by atoms with E-state index in [0.717, 1.165) is 12.8 Å². The smallest absolute Gasteiger partial charge is 0.331 e. The van der Waals surface area contributed by atoms with Crippen molar-refractivity contribution < 1.29 is 14.7 Å². The summed E-state index contributed by atoms with van der Waals surface area (Å²) in [6, 6.07) is 5.77. The Morgan fingerprint density at radius 1 is 1.43 bits per heavy atom. The number of nitrogens with zero attached hydrogens (tertiary/aromatic N) is 2. The number of halogens is 1. The molecule has 1 saturated carbocycles. The number of carboxylic acid groups (broad SMARTS) is 1. The fourth-order valence-electron chi connectivity index (χ4n) is 2.53. The number of pyridine rings is 1. The van der Waals surface area contributed by atoms with Crippen LogP contribution in [0.5, 0.6) is 0 Å². The number of amides is 1. The average Bonchev–Trinajstić information content (AvgIpc) is 3.30. The molecule has 21 heavy (non-hydrogen) atoms. The van der Waals surface area contributed by atoms with Crippen molar-refractivity contribution in [3.63, 3.8) is 0 Å². The van der Waals surface area contributed by atoms with Crippen LogP contribution in [0.15, 0.2) is 30.5 Å². The Bertz CT molecular complexity index is 715. The molecular formula is C15H13ClN2O3. The maximum absolute atomic E-state index is 11.7. The number of carbonyl (C=O) groups excluding carboxylic acids is 1. The normalized spacial score (nSPS) is 15.7. The van der Waals surface area contributed by atoms with Crippen LogP contribution in [0.3, 0.4) is 0 Å². The van der Waals surface area contributed by atoms with E-state index in [0.29, 0.717) is 27.9 Å². The summed E-state index contributed by atoms with van der Waals surface area (Å²) < 4.78 is 0. The fourth-order valence-corrected chi connectivity index (χ4v) is 2.75. The molecule has 1 aromatic carbocycles. The highest BCUT2D eigenvalue weighted by Crippen LogP contribution is 2.36. The second kappa shape index (κ2) is 5.33. The molecule has 1 aliphatic carbocycles. The molecule has 3 rings (SSSR count). The van der Waals surface area contributed by atoms with Crippen molar-refractivity contribution in [1.29, 1.82) is 0 Å². The molecule has 0 aliphatic heterocycles. The molecule has 108 valence electrons. The van der Waals surface area contributed by atoms with Gasteiger partial charge in [-0.15, -0.1) is 0 Å². The van der Waals surface area contributed by atoms with Crippen LogP contribution < -0.4 is 0 Å². The van der Waals surface area contributed by atoms with Crippen molar-refractivity contribution in [2.75, 3.05) is 0 Å². The van der Waals surface area contributed by atoms with Gasteiger partial charge in [-0.25, -0.2) is 4.79 Å². The van der Waals surface area contributed by atoms with Crippen molar-refractivity contribution in [3.05, 3.63) is 41.0 Å². The Labute approximate surface area is 126 Å². The zero-order chi connectivity index (χ0) is 15.0. The molecule has 0 spiro atoms. The molecule has 1 N–H and O–H groups in total. The van der Waals surface area contributed by atoms with Gasteiger partial charge in [0.1, 0.15) is 0 Å². The summed E-state index contributed by atoms with van der Waals surface area (Å²) in [6.07, 6.45) is 3.87. The van der Waals surface area contributed by atoms with Gasteiger partial charge < -0.3 is 10.0 Å². The van der Waals surface area contributed by atoms with E-state index in [4.69, 9.17) is 11.6 Å². The molecular weight excluding hydrogens is 292 g/mol. The molecule has 2 aromatic rings. The van der Waals surface area contributed by atoms with Crippen molar-refractivity contribution in [2.45, 2.75) is 24.9 Å². The number of hydrogen-bond donors (Lipinski definition) is 1. The minimum atomic E-state index is -1.07. The molecule has 1 unspecified atom stereocenters. The Kier molecular flexibility index (Phi) is 3.51. The summed E-state index contributed by atoms with van der Waals surface area (Å²) in [5, 5.41) is 10.8. The van der Waals surface area contributed by atoms with Gasteiger partial charge in [0.25, 0.3) is 0 Å². The predicted molar refractivity (Wildman–Crippen MR) is 78.1 cm³/mol. The van der Waals surface area contributed by atoms with E-state index < -0.39 is 12.0 Å². The Hall–Kier alpha value is -2.14. The van der Waals surface area contributed by atoms with E-state index >= 15 is 0 Å². The molecule has 1 aromatic heterocycles. The molecule has 0 saturated heterocycles. The number of aliphatic carboxylic acids is 1. The zero-order valence-corrected chi connectivity index (χ0v) is 11.8. The Morgan fingerprint density at radius 3 is 2.81 bits per heavy atom. The lowest BCUT2D eigenvalue weighted by Crippen LogP contribution is -2.35.